The fourth-order valence-corrected chi connectivity index (χ4v) is 9.79. The molecule has 3 fully saturated rings. The summed E-state index contributed by atoms with van der Waals surface area (Å²) in [6.45, 7) is 1.67. The van der Waals surface area contributed by atoms with Crippen LogP contribution in [0.4, 0.5) is 0 Å². The molecule has 3 heterocycles. The van der Waals surface area contributed by atoms with E-state index in [1.54, 1.807) is 6.08 Å². The number of aliphatic hydroxyl groups excluding tert-OH is 11. The lowest BCUT2D eigenvalue weighted by Gasteiger charge is -2.48. The minimum atomic E-state index is -1.98. The standard InChI is InChI=1S/C57H103NO18/c1-3-5-7-9-11-13-15-17-19-21-23-25-27-29-31-33-35-45(63)58-40(41(62)34-32-30-28-26-24-22-20-18-16-14-12-10-8-6-4-2)39-71-55-51(69)48(66)53(43(37-60)73-55)76-57-52(70)49(67)54(44(38-61)74-57)75-56-50(68)47(65)46(64)42(36-59)72-56/h19,21,24,26,32,34,40-44,46-57,59-62,64-70H,3-18,20,22-23,25,27-31,33,35-39H2,1-2H3,(H,58,63)/b21-19-,26-24+,34-32+. The van der Waals surface area contributed by atoms with Crippen LogP contribution in [0.25, 0.3) is 0 Å². The Balaban J connectivity index is 1.54. The van der Waals surface area contributed by atoms with Crippen LogP contribution in [0.5, 0.6) is 0 Å². The van der Waals surface area contributed by atoms with Crippen molar-refractivity contribution in [2.45, 2.75) is 291 Å². The van der Waals surface area contributed by atoms with E-state index in [1.165, 1.54) is 96.3 Å². The van der Waals surface area contributed by atoms with Gasteiger partial charge >= 0.3 is 0 Å². The quantitative estimate of drug-likeness (QED) is 0.0295. The van der Waals surface area contributed by atoms with Crippen molar-refractivity contribution in [2.24, 2.45) is 0 Å². The van der Waals surface area contributed by atoms with Crippen LogP contribution in [0, 0.1) is 0 Å². The smallest absolute Gasteiger partial charge is 0.220 e. The molecule has 0 aromatic rings. The number of ether oxygens (including phenoxy) is 6. The summed E-state index contributed by atoms with van der Waals surface area (Å²) >= 11 is 0. The van der Waals surface area contributed by atoms with Crippen molar-refractivity contribution >= 4 is 5.91 Å². The van der Waals surface area contributed by atoms with Gasteiger partial charge in [-0.1, -0.05) is 159 Å². The van der Waals surface area contributed by atoms with Crippen molar-refractivity contribution in [3.05, 3.63) is 36.5 Å². The summed E-state index contributed by atoms with van der Waals surface area (Å²) in [7, 11) is 0. The molecule has 17 atom stereocenters. The lowest BCUT2D eigenvalue weighted by Crippen LogP contribution is -2.66. The minimum absolute atomic E-state index is 0.226. The number of unbranched alkanes of at least 4 members (excludes halogenated alkanes) is 22. The number of rotatable bonds is 42. The van der Waals surface area contributed by atoms with Gasteiger partial charge in [-0.15, -0.1) is 0 Å². The molecule has 12 N–H and O–H groups in total. The van der Waals surface area contributed by atoms with Crippen LogP contribution in [0.3, 0.4) is 0 Å². The number of aliphatic hydroxyl groups is 11. The van der Waals surface area contributed by atoms with Crippen LogP contribution < -0.4 is 5.32 Å². The van der Waals surface area contributed by atoms with E-state index in [-0.39, 0.29) is 18.9 Å². The van der Waals surface area contributed by atoms with Gasteiger partial charge in [0.05, 0.1) is 38.6 Å². The van der Waals surface area contributed by atoms with Crippen LogP contribution in [0.2, 0.25) is 0 Å². The molecule has 0 aromatic carbocycles. The van der Waals surface area contributed by atoms with Crippen molar-refractivity contribution in [1.29, 1.82) is 0 Å². The Kier molecular flexibility index (Phi) is 36.9. The average Bonchev–Trinajstić information content (AvgIpc) is 3.41. The summed E-state index contributed by atoms with van der Waals surface area (Å²) in [4.78, 5) is 13.3. The van der Waals surface area contributed by atoms with Crippen LogP contribution in [0.15, 0.2) is 36.5 Å². The number of nitrogens with one attached hydrogen (secondary N) is 1. The predicted octanol–water partition coefficient (Wildman–Crippen LogP) is 4.54. The highest BCUT2D eigenvalue weighted by atomic mass is 16.8. The summed E-state index contributed by atoms with van der Waals surface area (Å²) in [5.41, 5.74) is 0. The van der Waals surface area contributed by atoms with Crippen LogP contribution in [-0.4, -0.2) is 193 Å². The largest absolute Gasteiger partial charge is 0.394 e. The molecule has 0 saturated carbocycles. The van der Waals surface area contributed by atoms with Crippen molar-refractivity contribution in [3.8, 4) is 0 Å². The average molecular weight is 1090 g/mol. The van der Waals surface area contributed by atoms with E-state index in [0.29, 0.717) is 12.8 Å². The molecule has 3 aliphatic rings. The van der Waals surface area contributed by atoms with Crippen molar-refractivity contribution in [3.63, 3.8) is 0 Å². The SMILES string of the molecule is CCCCCCCCC/C=C\CCCCCCCC(=O)NC(COC1OC(CO)C(OC2OC(CO)C(OC3OC(CO)C(O)C(O)C3O)C(O)C2O)C(O)C1O)C(O)/C=C/CC/C=C/CCCCCCCCCCC. The van der Waals surface area contributed by atoms with Gasteiger partial charge in [-0.25, -0.2) is 0 Å². The van der Waals surface area contributed by atoms with E-state index in [4.69, 9.17) is 28.4 Å². The Hall–Kier alpha value is -1.99. The Labute approximate surface area is 453 Å². The zero-order valence-electron chi connectivity index (χ0n) is 46.0. The number of amides is 1. The van der Waals surface area contributed by atoms with E-state index < -0.39 is 124 Å². The maximum Gasteiger partial charge on any atom is 0.220 e. The molecule has 3 saturated heterocycles. The first kappa shape index (κ1) is 68.3. The van der Waals surface area contributed by atoms with Crippen molar-refractivity contribution in [1.82, 2.24) is 5.32 Å². The monoisotopic (exact) mass is 1090 g/mol. The predicted molar refractivity (Wildman–Crippen MR) is 286 cm³/mol. The molecule has 3 rings (SSSR count). The number of hydrogen-bond donors (Lipinski definition) is 12. The second-order valence-electron chi connectivity index (χ2n) is 21.1. The first-order valence-electron chi connectivity index (χ1n) is 29.2. The summed E-state index contributed by atoms with van der Waals surface area (Å²) in [5.74, 6) is -0.296. The first-order chi connectivity index (χ1) is 36.8. The summed E-state index contributed by atoms with van der Waals surface area (Å²) in [6.07, 6.45) is 15.6. The van der Waals surface area contributed by atoms with Gasteiger partial charge in [-0.2, -0.15) is 0 Å². The normalized spacial score (nSPS) is 31.2. The molecule has 3 aliphatic heterocycles. The van der Waals surface area contributed by atoms with E-state index in [9.17, 15) is 61.0 Å². The summed E-state index contributed by atoms with van der Waals surface area (Å²) in [6, 6.07) is -0.992. The topological polar surface area (TPSA) is 307 Å². The molecule has 0 bridgehead atoms. The number of hydrogen-bond acceptors (Lipinski definition) is 18. The van der Waals surface area contributed by atoms with E-state index in [2.05, 4.69) is 43.5 Å². The molecule has 0 aromatic heterocycles. The third-order valence-corrected chi connectivity index (χ3v) is 14.7. The zero-order valence-corrected chi connectivity index (χ0v) is 46.0. The molecule has 444 valence electrons. The molecule has 19 nitrogen and oxygen atoms in total. The highest BCUT2D eigenvalue weighted by Gasteiger charge is 2.53. The van der Waals surface area contributed by atoms with E-state index >= 15 is 0 Å². The fourth-order valence-electron chi connectivity index (χ4n) is 9.79. The lowest BCUT2D eigenvalue weighted by molar-refractivity contribution is -0.379. The van der Waals surface area contributed by atoms with Crippen LogP contribution in [-0.2, 0) is 33.2 Å². The van der Waals surface area contributed by atoms with Gasteiger partial charge in [-0.05, 0) is 57.8 Å². The van der Waals surface area contributed by atoms with Crippen LogP contribution >= 0.6 is 0 Å². The van der Waals surface area contributed by atoms with E-state index in [0.717, 1.165) is 57.8 Å². The molecule has 0 spiro atoms. The number of allylic oxidation sites excluding steroid dienone is 5. The zero-order chi connectivity index (χ0) is 55.5. The molecular formula is C57H103NO18. The van der Waals surface area contributed by atoms with Gasteiger partial charge in [0.1, 0.15) is 73.2 Å². The minimum Gasteiger partial charge on any atom is -0.394 e. The maximum absolute atomic E-state index is 13.3. The van der Waals surface area contributed by atoms with Crippen molar-refractivity contribution < 1.29 is 89.4 Å². The van der Waals surface area contributed by atoms with Gasteiger partial charge in [-0.3, -0.25) is 4.79 Å². The Morgan fingerprint density at radius 1 is 0.461 bits per heavy atom. The number of carbonyl (C=O) groups excluding carboxylic acids is 1. The van der Waals surface area contributed by atoms with E-state index in [1.807, 2.05) is 6.08 Å². The highest BCUT2D eigenvalue weighted by Crippen LogP contribution is 2.33. The molecular weight excluding hydrogens is 987 g/mol. The molecule has 1 amide bonds. The van der Waals surface area contributed by atoms with Gasteiger partial charge in [0.25, 0.3) is 0 Å². The van der Waals surface area contributed by atoms with Crippen LogP contribution in [0.1, 0.15) is 187 Å². The Morgan fingerprint density at radius 2 is 0.842 bits per heavy atom. The Morgan fingerprint density at radius 3 is 1.32 bits per heavy atom. The molecule has 0 radical (unpaired) electrons. The third-order valence-electron chi connectivity index (χ3n) is 14.7. The highest BCUT2D eigenvalue weighted by molar-refractivity contribution is 5.76. The van der Waals surface area contributed by atoms with Gasteiger partial charge in [0.2, 0.25) is 5.91 Å². The second-order valence-corrected chi connectivity index (χ2v) is 21.1. The summed E-state index contributed by atoms with van der Waals surface area (Å²) in [5, 5.41) is 120. The van der Waals surface area contributed by atoms with Gasteiger partial charge in [0.15, 0.2) is 18.9 Å². The molecule has 19 heteroatoms. The molecule has 17 unspecified atom stereocenters. The second kappa shape index (κ2) is 41.1. The fraction of sp³-hybridized carbons (Fsp3) is 0.877. The Bertz CT molecular complexity index is 1540. The maximum atomic E-state index is 13.3. The number of carbonyl (C=O) groups is 1. The molecule has 76 heavy (non-hydrogen) atoms. The third kappa shape index (κ3) is 25.2. The van der Waals surface area contributed by atoms with Gasteiger partial charge < -0.3 is 89.9 Å². The van der Waals surface area contributed by atoms with Gasteiger partial charge in [0, 0.05) is 6.42 Å². The molecule has 0 aliphatic carbocycles. The summed E-state index contributed by atoms with van der Waals surface area (Å²) < 4.78 is 34.2. The first-order valence-corrected chi connectivity index (χ1v) is 29.2. The van der Waals surface area contributed by atoms with Crippen molar-refractivity contribution in [2.75, 3.05) is 26.4 Å². The lowest BCUT2D eigenvalue weighted by atomic mass is 9.96.